The first-order valence-electron chi connectivity index (χ1n) is 7.32. The van der Waals surface area contributed by atoms with Crippen LogP contribution in [0.5, 0.6) is 5.75 Å². The lowest BCUT2D eigenvalue weighted by atomic mass is 10.00. The van der Waals surface area contributed by atoms with Crippen molar-refractivity contribution in [2.24, 2.45) is 0 Å². The Kier molecular flexibility index (Phi) is 5.27. The first kappa shape index (κ1) is 15.9. The van der Waals surface area contributed by atoms with E-state index < -0.39 is 0 Å². The molecule has 2 atom stereocenters. The van der Waals surface area contributed by atoms with Crippen molar-refractivity contribution >= 4 is 11.6 Å². The van der Waals surface area contributed by atoms with Crippen molar-refractivity contribution in [2.75, 3.05) is 0 Å². The normalized spacial score (nSPS) is 13.9. The zero-order valence-electron chi connectivity index (χ0n) is 12.7. The summed E-state index contributed by atoms with van der Waals surface area (Å²) in [5, 5.41) is 14.4. The molecule has 0 bridgehead atoms. The minimum atomic E-state index is 0.0746. The summed E-state index contributed by atoms with van der Waals surface area (Å²) >= 11 is 5.95. The van der Waals surface area contributed by atoms with Crippen LogP contribution in [0, 0.1) is 6.92 Å². The second-order valence-electron chi connectivity index (χ2n) is 5.46. The molecular formula is C18H22ClNO. The van der Waals surface area contributed by atoms with E-state index in [9.17, 15) is 5.11 Å². The van der Waals surface area contributed by atoms with Gasteiger partial charge in [-0.25, -0.2) is 0 Å². The lowest BCUT2D eigenvalue weighted by Gasteiger charge is -2.24. The molecule has 0 heterocycles. The molecular weight excluding hydrogens is 282 g/mol. The number of halogens is 1. The molecule has 0 aromatic heterocycles. The molecule has 2 aromatic rings. The smallest absolute Gasteiger partial charge is 0.120 e. The summed E-state index contributed by atoms with van der Waals surface area (Å²) in [5.41, 5.74) is 3.29. The third-order valence-electron chi connectivity index (χ3n) is 3.78. The van der Waals surface area contributed by atoms with Gasteiger partial charge in [-0.3, -0.25) is 0 Å². The second kappa shape index (κ2) is 6.97. The van der Waals surface area contributed by atoms with E-state index in [0.29, 0.717) is 5.75 Å². The lowest BCUT2D eigenvalue weighted by Crippen LogP contribution is -2.24. The highest BCUT2D eigenvalue weighted by Gasteiger charge is 2.16. The van der Waals surface area contributed by atoms with E-state index in [1.54, 1.807) is 6.07 Å². The van der Waals surface area contributed by atoms with Gasteiger partial charge >= 0.3 is 0 Å². The Morgan fingerprint density at radius 3 is 2.43 bits per heavy atom. The van der Waals surface area contributed by atoms with Crippen molar-refractivity contribution in [2.45, 2.75) is 39.3 Å². The van der Waals surface area contributed by atoms with Crippen molar-refractivity contribution in [1.82, 2.24) is 5.32 Å². The maximum Gasteiger partial charge on any atom is 0.120 e. The molecule has 2 rings (SSSR count). The molecule has 21 heavy (non-hydrogen) atoms. The molecule has 0 amide bonds. The first-order valence-corrected chi connectivity index (χ1v) is 7.70. The van der Waals surface area contributed by atoms with E-state index in [1.165, 1.54) is 5.56 Å². The van der Waals surface area contributed by atoms with Crippen LogP contribution in [0.2, 0.25) is 5.02 Å². The largest absolute Gasteiger partial charge is 0.508 e. The standard InChI is InChI=1S/C18H22ClNO/c1-4-17(14-6-8-15(19)9-7-14)20-13(3)16-11-12(2)5-10-18(16)21/h5-11,13,17,20-21H,4H2,1-3H3. The van der Waals surface area contributed by atoms with E-state index >= 15 is 0 Å². The third kappa shape index (κ3) is 3.99. The molecule has 112 valence electrons. The van der Waals surface area contributed by atoms with Gasteiger partial charge in [0.25, 0.3) is 0 Å². The summed E-state index contributed by atoms with van der Waals surface area (Å²) < 4.78 is 0. The van der Waals surface area contributed by atoms with Gasteiger partial charge in [-0.1, -0.05) is 48.4 Å². The first-order chi connectivity index (χ1) is 10.0. The predicted molar refractivity (Wildman–Crippen MR) is 88.9 cm³/mol. The molecule has 0 saturated carbocycles. The maximum atomic E-state index is 10.0. The van der Waals surface area contributed by atoms with Crippen molar-refractivity contribution in [3.05, 3.63) is 64.2 Å². The molecule has 2 unspecified atom stereocenters. The van der Waals surface area contributed by atoms with Crippen molar-refractivity contribution in [3.8, 4) is 5.75 Å². The average Bonchev–Trinajstić information content (AvgIpc) is 2.48. The second-order valence-corrected chi connectivity index (χ2v) is 5.90. The van der Waals surface area contributed by atoms with Gasteiger partial charge in [-0.2, -0.15) is 0 Å². The minimum Gasteiger partial charge on any atom is -0.508 e. The summed E-state index contributed by atoms with van der Waals surface area (Å²) in [5.74, 6) is 0.339. The van der Waals surface area contributed by atoms with Crippen LogP contribution in [0.1, 0.15) is 49.0 Å². The summed E-state index contributed by atoms with van der Waals surface area (Å²) in [4.78, 5) is 0. The molecule has 0 aliphatic carbocycles. The van der Waals surface area contributed by atoms with Crippen LogP contribution in [-0.4, -0.2) is 5.11 Å². The van der Waals surface area contributed by atoms with Crippen LogP contribution in [0.25, 0.3) is 0 Å². The van der Waals surface area contributed by atoms with Gasteiger partial charge < -0.3 is 10.4 Å². The Balaban J connectivity index is 2.17. The molecule has 3 heteroatoms. The number of phenols is 1. The molecule has 0 spiro atoms. The van der Waals surface area contributed by atoms with Crippen LogP contribution in [-0.2, 0) is 0 Å². The van der Waals surface area contributed by atoms with Crippen LogP contribution in [0.3, 0.4) is 0 Å². The van der Waals surface area contributed by atoms with Gasteiger partial charge in [0.2, 0.25) is 0 Å². The molecule has 0 fully saturated rings. The minimum absolute atomic E-state index is 0.0746. The van der Waals surface area contributed by atoms with Crippen molar-refractivity contribution < 1.29 is 5.11 Å². The fourth-order valence-corrected chi connectivity index (χ4v) is 2.68. The molecule has 0 saturated heterocycles. The highest BCUT2D eigenvalue weighted by molar-refractivity contribution is 6.30. The van der Waals surface area contributed by atoms with Crippen molar-refractivity contribution in [1.29, 1.82) is 0 Å². The summed E-state index contributed by atoms with van der Waals surface area (Å²) in [6, 6.07) is 13.9. The number of phenolic OH excluding ortho intramolecular Hbond substituents is 1. The number of rotatable bonds is 5. The SMILES string of the molecule is CCC(NC(C)c1cc(C)ccc1O)c1ccc(Cl)cc1. The van der Waals surface area contributed by atoms with E-state index in [-0.39, 0.29) is 12.1 Å². The maximum absolute atomic E-state index is 10.0. The van der Waals surface area contributed by atoms with Crippen LogP contribution in [0.4, 0.5) is 0 Å². The Morgan fingerprint density at radius 1 is 1.14 bits per heavy atom. The molecule has 0 aliphatic rings. The number of aromatic hydroxyl groups is 1. The third-order valence-corrected chi connectivity index (χ3v) is 4.03. The van der Waals surface area contributed by atoms with Crippen molar-refractivity contribution in [3.63, 3.8) is 0 Å². The highest BCUT2D eigenvalue weighted by Crippen LogP contribution is 2.28. The lowest BCUT2D eigenvalue weighted by molar-refractivity contribution is 0.424. The van der Waals surface area contributed by atoms with Gasteiger partial charge in [0.05, 0.1) is 0 Å². The van der Waals surface area contributed by atoms with Crippen LogP contribution < -0.4 is 5.32 Å². The molecule has 2 N–H and O–H groups in total. The average molecular weight is 304 g/mol. The Bertz CT molecular complexity index is 595. The van der Waals surface area contributed by atoms with E-state index in [1.807, 2.05) is 43.3 Å². The fourth-order valence-electron chi connectivity index (χ4n) is 2.56. The summed E-state index contributed by atoms with van der Waals surface area (Å²) in [6.45, 7) is 6.26. The van der Waals surface area contributed by atoms with Gasteiger partial charge in [0, 0.05) is 22.7 Å². The number of benzene rings is 2. The number of aryl methyl sites for hydroxylation is 1. The fraction of sp³-hybridized carbons (Fsp3) is 0.333. The molecule has 0 aliphatic heterocycles. The van der Waals surface area contributed by atoms with Crippen LogP contribution in [0.15, 0.2) is 42.5 Å². The Hall–Kier alpha value is -1.51. The number of hydrogen-bond acceptors (Lipinski definition) is 2. The Labute approximate surface area is 131 Å². The quantitative estimate of drug-likeness (QED) is 0.800. The van der Waals surface area contributed by atoms with Gasteiger partial charge in [-0.15, -0.1) is 0 Å². The van der Waals surface area contributed by atoms with E-state index in [4.69, 9.17) is 11.6 Å². The van der Waals surface area contributed by atoms with Crippen LogP contribution >= 0.6 is 11.6 Å². The van der Waals surface area contributed by atoms with Gasteiger partial charge in [0.15, 0.2) is 0 Å². The Morgan fingerprint density at radius 2 is 1.81 bits per heavy atom. The molecule has 2 aromatic carbocycles. The zero-order valence-corrected chi connectivity index (χ0v) is 13.5. The molecule has 2 nitrogen and oxygen atoms in total. The highest BCUT2D eigenvalue weighted by atomic mass is 35.5. The van der Waals surface area contributed by atoms with E-state index in [0.717, 1.165) is 22.6 Å². The zero-order chi connectivity index (χ0) is 15.4. The monoisotopic (exact) mass is 303 g/mol. The van der Waals surface area contributed by atoms with Gasteiger partial charge in [0.1, 0.15) is 5.75 Å². The predicted octanol–water partition coefficient (Wildman–Crippen LogP) is 5.16. The number of nitrogens with one attached hydrogen (secondary N) is 1. The topological polar surface area (TPSA) is 32.3 Å². The summed E-state index contributed by atoms with van der Waals surface area (Å²) in [7, 11) is 0. The van der Waals surface area contributed by atoms with Gasteiger partial charge in [-0.05, 0) is 44.0 Å². The van der Waals surface area contributed by atoms with E-state index in [2.05, 4.69) is 19.2 Å². The number of hydrogen-bond donors (Lipinski definition) is 2. The molecule has 0 radical (unpaired) electrons. The summed E-state index contributed by atoms with van der Waals surface area (Å²) in [6.07, 6.45) is 0.971.